The average Bonchev–Trinajstić information content (AvgIpc) is 3.57. The van der Waals surface area contributed by atoms with Crippen LogP contribution in [0, 0.1) is 5.92 Å². The van der Waals surface area contributed by atoms with Gasteiger partial charge >= 0.3 is 5.97 Å². The lowest BCUT2D eigenvalue weighted by Crippen LogP contribution is -2.40. The van der Waals surface area contributed by atoms with Crippen molar-refractivity contribution in [2.24, 2.45) is 5.92 Å². The van der Waals surface area contributed by atoms with Gasteiger partial charge in [0.25, 0.3) is 0 Å². The summed E-state index contributed by atoms with van der Waals surface area (Å²) in [6, 6.07) is 46.8. The second kappa shape index (κ2) is 13.1. The highest BCUT2D eigenvalue weighted by Gasteiger charge is 2.42. The molecule has 1 heterocycles. The van der Waals surface area contributed by atoms with Crippen molar-refractivity contribution in [2.75, 3.05) is 0 Å². The van der Waals surface area contributed by atoms with Crippen molar-refractivity contribution >= 4 is 5.97 Å². The second-order valence-corrected chi connectivity index (χ2v) is 11.4. The van der Waals surface area contributed by atoms with Crippen LogP contribution in [-0.4, -0.2) is 37.3 Å². The molecule has 45 heavy (non-hydrogen) atoms. The molecule has 0 radical (unpaired) electrons. The lowest BCUT2D eigenvalue weighted by atomic mass is 9.77. The van der Waals surface area contributed by atoms with Crippen LogP contribution in [0.25, 0.3) is 22.5 Å². The standard InChI is InChI=1S/C38H35N5O2/c1-27(2)35(37(44)45)39-26-28-22-24-29(25-23-28)33-20-12-13-21-34(33)36-40-41-42-43(36)38(30-14-6-3-7-15-30,31-16-8-4-9-17-31)32-18-10-5-11-19-32/h3-25,27,35,39H,26H2,1-2H3,(H,44,45)/t35-/m0/s1. The SMILES string of the molecule is CC(C)[C@H](NCc1ccc(-c2ccccc2-c2nnnn2C(c2ccccc2)(c2ccccc2)c2ccccc2)cc1)C(=O)O. The number of aromatic nitrogens is 4. The topological polar surface area (TPSA) is 92.9 Å². The lowest BCUT2D eigenvalue weighted by Gasteiger charge is -2.36. The van der Waals surface area contributed by atoms with Crippen LogP contribution >= 0.6 is 0 Å². The van der Waals surface area contributed by atoms with Gasteiger partial charge in [0.2, 0.25) is 0 Å². The molecule has 0 bridgehead atoms. The van der Waals surface area contributed by atoms with Gasteiger partial charge in [0.1, 0.15) is 11.6 Å². The number of benzene rings is 5. The maximum absolute atomic E-state index is 11.6. The van der Waals surface area contributed by atoms with Crippen LogP contribution in [0.15, 0.2) is 140 Å². The van der Waals surface area contributed by atoms with Crippen LogP contribution in [0.4, 0.5) is 0 Å². The summed E-state index contributed by atoms with van der Waals surface area (Å²) in [7, 11) is 0. The zero-order valence-electron chi connectivity index (χ0n) is 25.3. The third-order valence-corrected chi connectivity index (χ3v) is 8.25. The van der Waals surface area contributed by atoms with Gasteiger partial charge in [-0.3, -0.25) is 4.79 Å². The predicted molar refractivity (Wildman–Crippen MR) is 176 cm³/mol. The molecule has 6 aromatic rings. The molecule has 0 unspecified atom stereocenters. The first kappa shape index (κ1) is 29.7. The van der Waals surface area contributed by atoms with Crippen molar-refractivity contribution in [2.45, 2.75) is 32.0 Å². The summed E-state index contributed by atoms with van der Waals surface area (Å²) in [5, 5.41) is 26.3. The largest absolute Gasteiger partial charge is 0.480 e. The fourth-order valence-corrected chi connectivity index (χ4v) is 6.05. The van der Waals surface area contributed by atoms with Crippen molar-refractivity contribution < 1.29 is 9.90 Å². The molecule has 2 N–H and O–H groups in total. The summed E-state index contributed by atoms with van der Waals surface area (Å²) in [6.07, 6.45) is 0. The highest BCUT2D eigenvalue weighted by atomic mass is 16.4. The molecule has 0 aliphatic rings. The van der Waals surface area contributed by atoms with Gasteiger partial charge in [0, 0.05) is 12.1 Å². The van der Waals surface area contributed by atoms with Gasteiger partial charge < -0.3 is 10.4 Å². The van der Waals surface area contributed by atoms with Gasteiger partial charge in [-0.2, -0.15) is 0 Å². The molecule has 1 atom stereocenters. The maximum Gasteiger partial charge on any atom is 0.320 e. The number of aliphatic carboxylic acids is 1. The minimum atomic E-state index is -0.859. The first-order chi connectivity index (χ1) is 22.0. The number of carbonyl (C=O) groups is 1. The summed E-state index contributed by atoms with van der Waals surface area (Å²) in [5.41, 5.74) is 6.14. The monoisotopic (exact) mass is 593 g/mol. The number of carboxylic acid groups (broad SMARTS) is 1. The Bertz CT molecular complexity index is 1760. The van der Waals surface area contributed by atoms with E-state index in [-0.39, 0.29) is 5.92 Å². The van der Waals surface area contributed by atoms with Crippen LogP contribution in [0.2, 0.25) is 0 Å². The zero-order valence-corrected chi connectivity index (χ0v) is 25.3. The predicted octanol–water partition coefficient (Wildman–Crippen LogP) is 7.05. The molecule has 224 valence electrons. The van der Waals surface area contributed by atoms with E-state index in [0.717, 1.165) is 38.9 Å². The number of nitrogens with zero attached hydrogens (tertiary/aromatic N) is 4. The fraction of sp³-hybridized carbons (Fsp3) is 0.158. The Morgan fingerprint density at radius 3 is 1.69 bits per heavy atom. The van der Waals surface area contributed by atoms with E-state index < -0.39 is 17.6 Å². The summed E-state index contributed by atoms with van der Waals surface area (Å²) < 4.78 is 1.95. The smallest absolute Gasteiger partial charge is 0.320 e. The van der Waals surface area contributed by atoms with Crippen molar-refractivity contribution in [1.29, 1.82) is 0 Å². The van der Waals surface area contributed by atoms with Crippen LogP contribution in [0.3, 0.4) is 0 Å². The molecule has 7 nitrogen and oxygen atoms in total. The van der Waals surface area contributed by atoms with E-state index in [9.17, 15) is 9.90 Å². The van der Waals surface area contributed by atoms with Gasteiger partial charge in [-0.15, -0.1) is 5.10 Å². The van der Waals surface area contributed by atoms with Crippen LogP contribution in [-0.2, 0) is 16.9 Å². The Morgan fingerprint density at radius 1 is 0.711 bits per heavy atom. The van der Waals surface area contributed by atoms with Gasteiger partial charge in [-0.05, 0) is 49.7 Å². The minimum Gasteiger partial charge on any atom is -0.480 e. The zero-order chi connectivity index (χ0) is 31.2. The number of hydrogen-bond donors (Lipinski definition) is 2. The summed E-state index contributed by atoms with van der Waals surface area (Å²) in [4.78, 5) is 11.6. The Kier molecular flexibility index (Phi) is 8.62. The van der Waals surface area contributed by atoms with Gasteiger partial charge in [0.05, 0.1) is 0 Å². The molecule has 0 spiro atoms. The molecule has 0 aliphatic heterocycles. The molecule has 0 saturated heterocycles. The summed E-state index contributed by atoms with van der Waals surface area (Å²) in [5.74, 6) is -0.227. The summed E-state index contributed by atoms with van der Waals surface area (Å²) >= 11 is 0. The third kappa shape index (κ3) is 5.78. The van der Waals surface area contributed by atoms with Crippen molar-refractivity contribution in [3.63, 3.8) is 0 Å². The molecule has 0 fully saturated rings. The quantitative estimate of drug-likeness (QED) is 0.157. The molecule has 5 aromatic carbocycles. The fourth-order valence-electron chi connectivity index (χ4n) is 6.05. The van der Waals surface area contributed by atoms with E-state index >= 15 is 0 Å². The normalized spacial score (nSPS) is 12.2. The first-order valence-corrected chi connectivity index (χ1v) is 15.1. The van der Waals surface area contributed by atoms with Crippen LogP contribution in [0.5, 0.6) is 0 Å². The molecule has 1 aromatic heterocycles. The number of carboxylic acids is 1. The molecular weight excluding hydrogens is 558 g/mol. The van der Waals surface area contributed by atoms with Crippen molar-refractivity contribution in [3.05, 3.63) is 162 Å². The number of rotatable bonds is 11. The third-order valence-electron chi connectivity index (χ3n) is 8.25. The molecule has 0 aliphatic carbocycles. The lowest BCUT2D eigenvalue weighted by molar-refractivity contribution is -0.140. The van der Waals surface area contributed by atoms with Gasteiger partial charge in [-0.1, -0.05) is 153 Å². The van der Waals surface area contributed by atoms with Gasteiger partial charge in [-0.25, -0.2) is 4.68 Å². The summed E-state index contributed by atoms with van der Waals surface area (Å²) in [6.45, 7) is 4.27. The van der Waals surface area contributed by atoms with E-state index in [0.29, 0.717) is 12.4 Å². The molecule has 0 saturated carbocycles. The molecular formula is C38H35N5O2. The second-order valence-electron chi connectivity index (χ2n) is 11.4. The molecule has 6 rings (SSSR count). The number of nitrogens with one attached hydrogen (secondary N) is 1. The van der Waals surface area contributed by atoms with E-state index in [1.165, 1.54) is 0 Å². The highest BCUT2D eigenvalue weighted by Crippen LogP contribution is 2.43. The van der Waals surface area contributed by atoms with E-state index in [2.05, 4.69) is 76.3 Å². The van der Waals surface area contributed by atoms with E-state index in [1.807, 2.05) is 97.4 Å². The molecule has 0 amide bonds. The van der Waals surface area contributed by atoms with Crippen molar-refractivity contribution in [1.82, 2.24) is 25.5 Å². The Morgan fingerprint density at radius 2 is 1.20 bits per heavy atom. The van der Waals surface area contributed by atoms with E-state index in [4.69, 9.17) is 5.21 Å². The highest BCUT2D eigenvalue weighted by molar-refractivity contribution is 5.81. The molecule has 7 heteroatoms. The van der Waals surface area contributed by atoms with Crippen molar-refractivity contribution in [3.8, 4) is 22.5 Å². The van der Waals surface area contributed by atoms with E-state index in [1.54, 1.807) is 0 Å². The van der Waals surface area contributed by atoms with Crippen LogP contribution in [0.1, 0.15) is 36.1 Å². The average molecular weight is 594 g/mol. The Hall–Kier alpha value is -5.40. The first-order valence-electron chi connectivity index (χ1n) is 15.1. The maximum atomic E-state index is 11.6. The number of tetrazole rings is 1. The number of hydrogen-bond acceptors (Lipinski definition) is 5. The van der Waals surface area contributed by atoms with Gasteiger partial charge in [0.15, 0.2) is 5.82 Å². The minimum absolute atomic E-state index is 0.0191. The van der Waals surface area contributed by atoms with Crippen LogP contribution < -0.4 is 5.32 Å². The Balaban J connectivity index is 1.47. The Labute approximate surface area is 263 Å².